The van der Waals surface area contributed by atoms with E-state index in [4.69, 9.17) is 25.6 Å². The summed E-state index contributed by atoms with van der Waals surface area (Å²) in [5.41, 5.74) is 7.66. The number of esters is 1. The summed E-state index contributed by atoms with van der Waals surface area (Å²) in [5.74, 6) is -1.24. The van der Waals surface area contributed by atoms with Crippen LogP contribution < -0.4 is 10.5 Å². The Bertz CT molecular complexity index is 887. The Kier molecular flexibility index (Phi) is 7.76. The van der Waals surface area contributed by atoms with Crippen molar-refractivity contribution in [1.29, 1.82) is 5.26 Å². The number of carboxylic acids is 1. The zero-order chi connectivity index (χ0) is 20.4. The van der Waals surface area contributed by atoms with Gasteiger partial charge in [-0.05, 0) is 29.8 Å². The Morgan fingerprint density at radius 3 is 2.64 bits per heavy atom. The zero-order valence-electron chi connectivity index (χ0n) is 15.1. The minimum Gasteiger partial charge on any atom is -0.491 e. The van der Waals surface area contributed by atoms with Gasteiger partial charge in [0, 0.05) is 17.7 Å². The quantitative estimate of drug-likeness (QED) is 0.506. The van der Waals surface area contributed by atoms with Crippen molar-refractivity contribution >= 4 is 18.0 Å². The van der Waals surface area contributed by atoms with E-state index < -0.39 is 18.0 Å². The third-order valence-electron chi connectivity index (χ3n) is 3.67. The van der Waals surface area contributed by atoms with Crippen LogP contribution in [-0.4, -0.2) is 29.7 Å². The van der Waals surface area contributed by atoms with E-state index in [0.29, 0.717) is 16.9 Å². The average Bonchev–Trinajstić information content (AvgIpc) is 2.70. The molecule has 0 unspecified atom stereocenters. The van der Waals surface area contributed by atoms with Crippen LogP contribution in [0.15, 0.2) is 54.6 Å². The van der Waals surface area contributed by atoms with Crippen molar-refractivity contribution in [3.05, 3.63) is 71.3 Å². The van der Waals surface area contributed by atoms with Crippen molar-refractivity contribution in [2.24, 2.45) is 5.73 Å². The fourth-order valence-corrected chi connectivity index (χ4v) is 2.29. The molecular weight excluding hydrogens is 360 g/mol. The Balaban J connectivity index is 1.90. The van der Waals surface area contributed by atoms with E-state index in [1.807, 2.05) is 36.4 Å². The number of carbonyl (C=O) groups excluding carboxylic acids is 1. The molecule has 2 aromatic rings. The van der Waals surface area contributed by atoms with E-state index in [9.17, 15) is 9.59 Å². The molecule has 0 aromatic heterocycles. The molecule has 3 N–H and O–H groups in total. The van der Waals surface area contributed by atoms with Gasteiger partial charge in [0.2, 0.25) is 0 Å². The van der Waals surface area contributed by atoms with Crippen LogP contribution in [0.4, 0.5) is 0 Å². The molecule has 0 heterocycles. The predicted molar refractivity (Wildman–Crippen MR) is 102 cm³/mol. The van der Waals surface area contributed by atoms with Gasteiger partial charge in [-0.15, -0.1) is 0 Å². The van der Waals surface area contributed by atoms with Crippen LogP contribution in [0.2, 0.25) is 0 Å². The molecule has 7 nitrogen and oxygen atoms in total. The number of ether oxygens (including phenoxy) is 2. The highest BCUT2D eigenvalue weighted by Crippen LogP contribution is 2.22. The number of benzene rings is 2. The average molecular weight is 380 g/mol. The van der Waals surface area contributed by atoms with E-state index in [1.165, 1.54) is 12.1 Å². The van der Waals surface area contributed by atoms with Crippen molar-refractivity contribution in [2.45, 2.75) is 19.1 Å². The van der Waals surface area contributed by atoms with Crippen LogP contribution in [0.25, 0.3) is 6.08 Å². The lowest BCUT2D eigenvalue weighted by Gasteiger charge is -2.14. The number of nitrogens with zero attached hydrogens (tertiary/aromatic N) is 1. The molecule has 0 radical (unpaired) electrons. The van der Waals surface area contributed by atoms with Gasteiger partial charge in [0.25, 0.3) is 0 Å². The SMILES string of the molecule is N#Cc1ccc(/C=C/C(=O)O)c(OC[C@H](N)CC(=O)OCc2ccccc2)c1. The molecule has 0 aliphatic rings. The second kappa shape index (κ2) is 10.5. The summed E-state index contributed by atoms with van der Waals surface area (Å²) in [6.45, 7) is 0.171. The summed E-state index contributed by atoms with van der Waals surface area (Å²) < 4.78 is 10.8. The summed E-state index contributed by atoms with van der Waals surface area (Å²) in [4.78, 5) is 22.6. The minimum atomic E-state index is -1.10. The Labute approximate surface area is 162 Å². The second-order valence-corrected chi connectivity index (χ2v) is 5.96. The first-order valence-corrected chi connectivity index (χ1v) is 8.51. The predicted octanol–water partition coefficient (Wildman–Crippen LogP) is 2.50. The summed E-state index contributed by atoms with van der Waals surface area (Å²) in [6, 6.07) is 15.3. The molecule has 2 aromatic carbocycles. The second-order valence-electron chi connectivity index (χ2n) is 5.96. The molecule has 0 aliphatic carbocycles. The molecule has 0 aliphatic heterocycles. The summed E-state index contributed by atoms with van der Waals surface area (Å²) >= 11 is 0. The van der Waals surface area contributed by atoms with Gasteiger partial charge >= 0.3 is 11.9 Å². The molecule has 28 heavy (non-hydrogen) atoms. The molecular formula is C21H20N2O5. The van der Waals surface area contributed by atoms with Crippen molar-refractivity contribution in [1.82, 2.24) is 0 Å². The third kappa shape index (κ3) is 6.94. The molecule has 7 heteroatoms. The monoisotopic (exact) mass is 380 g/mol. The van der Waals surface area contributed by atoms with E-state index in [2.05, 4.69) is 0 Å². The molecule has 0 amide bonds. The number of hydrogen-bond donors (Lipinski definition) is 2. The lowest BCUT2D eigenvalue weighted by atomic mass is 10.1. The molecule has 0 saturated carbocycles. The van der Waals surface area contributed by atoms with E-state index in [1.54, 1.807) is 12.1 Å². The van der Waals surface area contributed by atoms with E-state index in [0.717, 1.165) is 11.6 Å². The Hall–Kier alpha value is -3.63. The molecule has 0 saturated heterocycles. The van der Waals surface area contributed by atoms with Gasteiger partial charge < -0.3 is 20.3 Å². The Morgan fingerprint density at radius 2 is 1.96 bits per heavy atom. The summed E-state index contributed by atoms with van der Waals surface area (Å²) in [5, 5.41) is 17.8. The number of nitriles is 1. The highest BCUT2D eigenvalue weighted by atomic mass is 16.5. The third-order valence-corrected chi connectivity index (χ3v) is 3.67. The summed E-state index contributed by atoms with van der Waals surface area (Å²) in [6.07, 6.45) is 2.29. The first-order chi connectivity index (χ1) is 13.5. The van der Waals surface area contributed by atoms with Crippen molar-refractivity contribution in [2.75, 3.05) is 6.61 Å². The Morgan fingerprint density at radius 1 is 1.21 bits per heavy atom. The largest absolute Gasteiger partial charge is 0.491 e. The van der Waals surface area contributed by atoms with Crippen molar-refractivity contribution < 1.29 is 24.2 Å². The number of carbonyl (C=O) groups is 2. The van der Waals surface area contributed by atoms with Crippen LogP contribution >= 0.6 is 0 Å². The van der Waals surface area contributed by atoms with Crippen molar-refractivity contribution in [3.63, 3.8) is 0 Å². The van der Waals surface area contributed by atoms with Gasteiger partial charge in [0.15, 0.2) is 0 Å². The van der Waals surface area contributed by atoms with Crippen molar-refractivity contribution in [3.8, 4) is 11.8 Å². The lowest BCUT2D eigenvalue weighted by molar-refractivity contribution is -0.145. The lowest BCUT2D eigenvalue weighted by Crippen LogP contribution is -2.31. The molecule has 1 atom stereocenters. The molecule has 0 fully saturated rings. The van der Waals surface area contributed by atoms with Crippen LogP contribution in [0.1, 0.15) is 23.1 Å². The number of nitrogens with two attached hydrogens (primary N) is 1. The van der Waals surface area contributed by atoms with Gasteiger partial charge in [-0.1, -0.05) is 30.3 Å². The smallest absolute Gasteiger partial charge is 0.328 e. The highest BCUT2D eigenvalue weighted by molar-refractivity contribution is 5.86. The van der Waals surface area contributed by atoms with Gasteiger partial charge in [-0.2, -0.15) is 5.26 Å². The first-order valence-electron chi connectivity index (χ1n) is 8.51. The van der Waals surface area contributed by atoms with E-state index >= 15 is 0 Å². The number of hydrogen-bond acceptors (Lipinski definition) is 6. The fraction of sp³-hybridized carbons (Fsp3) is 0.190. The topological polar surface area (TPSA) is 123 Å². The molecule has 0 bridgehead atoms. The standard InChI is InChI=1S/C21H20N2O5/c22-12-16-6-7-17(8-9-20(24)25)19(10-16)27-14-18(23)11-21(26)28-13-15-4-2-1-3-5-15/h1-10,18H,11,13-14,23H2,(H,24,25)/b9-8+/t18-/m1/s1. The van der Waals surface area contributed by atoms with Gasteiger partial charge in [-0.25, -0.2) is 4.79 Å². The number of carboxylic acid groups (broad SMARTS) is 1. The maximum Gasteiger partial charge on any atom is 0.328 e. The van der Waals surface area contributed by atoms with Crippen LogP contribution in [0, 0.1) is 11.3 Å². The molecule has 144 valence electrons. The van der Waals surface area contributed by atoms with Crippen LogP contribution in [0.3, 0.4) is 0 Å². The van der Waals surface area contributed by atoms with E-state index in [-0.39, 0.29) is 19.6 Å². The van der Waals surface area contributed by atoms with Gasteiger partial charge in [-0.3, -0.25) is 4.79 Å². The fourth-order valence-electron chi connectivity index (χ4n) is 2.29. The normalized spacial score (nSPS) is 11.6. The maximum absolute atomic E-state index is 11.9. The number of aliphatic carboxylic acids is 1. The number of rotatable bonds is 9. The first kappa shape index (κ1) is 20.7. The maximum atomic E-state index is 11.9. The van der Waals surface area contributed by atoms with Gasteiger partial charge in [0.1, 0.15) is 19.0 Å². The minimum absolute atomic E-state index is 0.00320. The van der Waals surface area contributed by atoms with Gasteiger partial charge in [0.05, 0.1) is 18.1 Å². The van der Waals surface area contributed by atoms with Crippen LogP contribution in [0.5, 0.6) is 5.75 Å². The zero-order valence-corrected chi connectivity index (χ0v) is 15.1. The highest BCUT2D eigenvalue weighted by Gasteiger charge is 2.13. The summed E-state index contributed by atoms with van der Waals surface area (Å²) in [7, 11) is 0. The molecule has 0 spiro atoms. The molecule has 2 rings (SSSR count). The van der Waals surface area contributed by atoms with Crippen LogP contribution in [-0.2, 0) is 20.9 Å².